The average Bonchev–Trinajstić information content (AvgIpc) is 2.60. The van der Waals surface area contributed by atoms with Crippen LogP contribution >= 0.6 is 0 Å². The van der Waals surface area contributed by atoms with E-state index in [-0.39, 0.29) is 12.6 Å². The van der Waals surface area contributed by atoms with E-state index in [0.717, 1.165) is 10.9 Å². The first kappa shape index (κ1) is 20.7. The van der Waals surface area contributed by atoms with Crippen molar-refractivity contribution in [2.75, 3.05) is 25.0 Å². The number of nitrogens with one attached hydrogen (secondary N) is 1. The first-order valence-electron chi connectivity index (χ1n) is 9.30. The van der Waals surface area contributed by atoms with E-state index in [4.69, 9.17) is 14.6 Å². The number of aliphatic hydroxyl groups is 1. The predicted octanol–water partition coefficient (Wildman–Crippen LogP) is 2.09. The second-order valence-electron chi connectivity index (χ2n) is 7.94. The predicted molar refractivity (Wildman–Crippen MR) is 106 cm³/mol. The Bertz CT molecular complexity index is 905. The van der Waals surface area contributed by atoms with Crippen LogP contribution < -0.4 is 10.1 Å². The number of rotatable bonds is 6. The summed E-state index contributed by atoms with van der Waals surface area (Å²) in [5.74, 6) is 0.438. The minimum Gasteiger partial charge on any atom is -0.490 e. The van der Waals surface area contributed by atoms with Gasteiger partial charge in [-0.25, -0.2) is 14.6 Å². The van der Waals surface area contributed by atoms with Gasteiger partial charge in [0.2, 0.25) is 0 Å². The zero-order valence-corrected chi connectivity index (χ0v) is 16.6. The highest BCUT2D eigenvalue weighted by atomic mass is 16.6. The maximum Gasteiger partial charge on any atom is 0.407 e. The van der Waals surface area contributed by atoms with Crippen molar-refractivity contribution in [3.05, 3.63) is 30.3 Å². The van der Waals surface area contributed by atoms with Gasteiger partial charge in [-0.05, 0) is 51.1 Å². The SMILES string of the molecule is CC(C)(C)OC(=O)C(O)COc1ccc2nc(NC3CN(C(=O)O)C3)ccc2c1. The zero-order chi connectivity index (χ0) is 21.2. The molecule has 1 aliphatic rings. The monoisotopic (exact) mass is 403 g/mol. The number of ether oxygens (including phenoxy) is 2. The number of benzene rings is 1. The van der Waals surface area contributed by atoms with Crippen LogP contribution in [0.3, 0.4) is 0 Å². The smallest absolute Gasteiger partial charge is 0.407 e. The van der Waals surface area contributed by atoms with Crippen molar-refractivity contribution in [3.63, 3.8) is 0 Å². The maximum absolute atomic E-state index is 11.8. The van der Waals surface area contributed by atoms with Crippen molar-refractivity contribution in [2.24, 2.45) is 0 Å². The van der Waals surface area contributed by atoms with Crippen molar-refractivity contribution in [2.45, 2.75) is 38.5 Å². The quantitative estimate of drug-likeness (QED) is 0.627. The summed E-state index contributed by atoms with van der Waals surface area (Å²) < 4.78 is 10.6. The van der Waals surface area contributed by atoms with E-state index in [9.17, 15) is 14.7 Å². The van der Waals surface area contributed by atoms with Crippen LogP contribution in [-0.2, 0) is 9.53 Å². The standard InChI is InChI=1S/C20H25N3O6/c1-20(2,3)29-18(25)16(24)11-28-14-5-6-15-12(8-14)4-7-17(22-15)21-13-9-23(10-13)19(26)27/h4-8,13,16,24H,9-11H2,1-3H3,(H,21,22)(H,26,27). The zero-order valence-electron chi connectivity index (χ0n) is 16.6. The molecule has 1 fully saturated rings. The van der Waals surface area contributed by atoms with Crippen LogP contribution in [0.4, 0.5) is 10.6 Å². The van der Waals surface area contributed by atoms with Crippen LogP contribution in [0.15, 0.2) is 30.3 Å². The molecule has 1 unspecified atom stereocenters. The number of amides is 1. The third-order valence-electron chi connectivity index (χ3n) is 4.25. The fourth-order valence-corrected chi connectivity index (χ4v) is 2.82. The third kappa shape index (κ3) is 5.47. The van der Waals surface area contributed by atoms with Gasteiger partial charge in [0.15, 0.2) is 6.10 Å². The molecule has 1 aliphatic heterocycles. The van der Waals surface area contributed by atoms with Gasteiger partial charge in [0.25, 0.3) is 0 Å². The van der Waals surface area contributed by atoms with Gasteiger partial charge in [0.1, 0.15) is 23.8 Å². The normalized spacial score (nSPS) is 15.5. The second kappa shape index (κ2) is 8.12. The van der Waals surface area contributed by atoms with E-state index in [2.05, 4.69) is 10.3 Å². The van der Waals surface area contributed by atoms with Gasteiger partial charge in [0.05, 0.1) is 11.6 Å². The Morgan fingerprint density at radius 1 is 1.28 bits per heavy atom. The third-order valence-corrected chi connectivity index (χ3v) is 4.25. The van der Waals surface area contributed by atoms with E-state index in [1.807, 2.05) is 12.1 Å². The van der Waals surface area contributed by atoms with Crippen molar-refractivity contribution in [3.8, 4) is 5.75 Å². The summed E-state index contributed by atoms with van der Waals surface area (Å²) in [4.78, 5) is 28.5. The molecule has 9 heteroatoms. The molecule has 1 atom stereocenters. The lowest BCUT2D eigenvalue weighted by molar-refractivity contribution is -0.166. The molecular weight excluding hydrogens is 378 g/mol. The molecule has 0 bridgehead atoms. The number of hydrogen-bond donors (Lipinski definition) is 3. The topological polar surface area (TPSA) is 121 Å². The number of carboxylic acid groups (broad SMARTS) is 1. The fourth-order valence-electron chi connectivity index (χ4n) is 2.82. The van der Waals surface area contributed by atoms with Crippen molar-refractivity contribution >= 4 is 28.8 Å². The number of fused-ring (bicyclic) bond motifs is 1. The maximum atomic E-state index is 11.8. The molecule has 0 saturated carbocycles. The number of anilines is 1. The molecular formula is C20H25N3O6. The number of carbonyl (C=O) groups is 2. The molecule has 2 heterocycles. The largest absolute Gasteiger partial charge is 0.490 e. The summed E-state index contributed by atoms with van der Waals surface area (Å²) in [6.07, 6.45) is -2.29. The molecule has 2 aromatic rings. The number of esters is 1. The van der Waals surface area contributed by atoms with Gasteiger partial charge in [-0.1, -0.05) is 0 Å². The number of aromatic nitrogens is 1. The number of nitrogens with zero attached hydrogens (tertiary/aromatic N) is 2. The molecule has 1 amide bonds. The van der Waals surface area contributed by atoms with E-state index in [0.29, 0.717) is 24.7 Å². The highest BCUT2D eigenvalue weighted by Crippen LogP contribution is 2.23. The lowest BCUT2D eigenvalue weighted by Gasteiger charge is -2.37. The Morgan fingerprint density at radius 2 is 2.00 bits per heavy atom. The second-order valence-corrected chi connectivity index (χ2v) is 7.94. The van der Waals surface area contributed by atoms with Gasteiger partial charge >= 0.3 is 12.1 Å². The molecule has 3 N–H and O–H groups in total. The summed E-state index contributed by atoms with van der Waals surface area (Å²) in [6.45, 7) is 5.83. The van der Waals surface area contributed by atoms with Gasteiger partial charge < -0.3 is 29.9 Å². The van der Waals surface area contributed by atoms with Gasteiger partial charge in [0, 0.05) is 18.5 Å². The molecule has 0 aliphatic carbocycles. The summed E-state index contributed by atoms with van der Waals surface area (Å²) >= 11 is 0. The lowest BCUT2D eigenvalue weighted by Crippen LogP contribution is -2.56. The number of pyridine rings is 1. The summed E-state index contributed by atoms with van der Waals surface area (Å²) in [6, 6.07) is 8.98. The number of likely N-dealkylation sites (tertiary alicyclic amines) is 1. The summed E-state index contributed by atoms with van der Waals surface area (Å²) in [5.41, 5.74) is 0.0635. The molecule has 9 nitrogen and oxygen atoms in total. The average molecular weight is 403 g/mol. The summed E-state index contributed by atoms with van der Waals surface area (Å²) in [7, 11) is 0. The Labute approximate surface area is 168 Å². The highest BCUT2D eigenvalue weighted by Gasteiger charge is 2.30. The first-order chi connectivity index (χ1) is 13.6. The van der Waals surface area contributed by atoms with E-state index in [1.165, 1.54) is 4.90 Å². The van der Waals surface area contributed by atoms with Crippen LogP contribution in [0.25, 0.3) is 10.9 Å². The lowest BCUT2D eigenvalue weighted by atomic mass is 10.1. The number of hydrogen-bond acceptors (Lipinski definition) is 7. The number of carbonyl (C=O) groups excluding carboxylic acids is 1. The van der Waals surface area contributed by atoms with E-state index in [1.54, 1.807) is 39.0 Å². The van der Waals surface area contributed by atoms with Crippen LogP contribution in [0.2, 0.25) is 0 Å². The Hall–Kier alpha value is -3.07. The van der Waals surface area contributed by atoms with Gasteiger partial charge in [-0.15, -0.1) is 0 Å². The van der Waals surface area contributed by atoms with Gasteiger partial charge in [-0.2, -0.15) is 0 Å². The Balaban J connectivity index is 1.56. The molecule has 1 aromatic heterocycles. The molecule has 0 radical (unpaired) electrons. The molecule has 3 rings (SSSR count). The molecule has 1 aromatic carbocycles. The molecule has 156 valence electrons. The van der Waals surface area contributed by atoms with Gasteiger partial charge in [-0.3, -0.25) is 0 Å². The van der Waals surface area contributed by atoms with E-state index < -0.39 is 23.8 Å². The van der Waals surface area contributed by atoms with E-state index >= 15 is 0 Å². The highest BCUT2D eigenvalue weighted by molar-refractivity contribution is 5.82. The van der Waals surface area contributed by atoms with Crippen molar-refractivity contribution in [1.29, 1.82) is 0 Å². The fraction of sp³-hybridized carbons (Fsp3) is 0.450. The Kier molecular flexibility index (Phi) is 5.78. The number of aliphatic hydroxyl groups excluding tert-OH is 1. The van der Waals surface area contributed by atoms with Crippen LogP contribution in [-0.4, -0.2) is 69.6 Å². The molecule has 1 saturated heterocycles. The Morgan fingerprint density at radius 3 is 2.66 bits per heavy atom. The minimum atomic E-state index is -1.37. The first-order valence-corrected chi connectivity index (χ1v) is 9.30. The van der Waals surface area contributed by atoms with Crippen LogP contribution in [0.5, 0.6) is 5.75 Å². The van der Waals surface area contributed by atoms with Crippen LogP contribution in [0.1, 0.15) is 20.8 Å². The molecule has 0 spiro atoms. The minimum absolute atomic E-state index is 0.0491. The summed E-state index contributed by atoms with van der Waals surface area (Å²) in [5, 5.41) is 22.8. The van der Waals surface area contributed by atoms with Crippen LogP contribution in [0, 0.1) is 0 Å². The molecule has 29 heavy (non-hydrogen) atoms. The van der Waals surface area contributed by atoms with Crippen molar-refractivity contribution in [1.82, 2.24) is 9.88 Å². The van der Waals surface area contributed by atoms with Crippen molar-refractivity contribution < 1.29 is 29.3 Å².